The number of benzene rings is 2. The van der Waals surface area contributed by atoms with E-state index in [9.17, 15) is 4.79 Å². The number of ether oxygens (including phenoxy) is 1. The number of H-pyrrole nitrogens is 1. The Balaban J connectivity index is 1.87. The van der Waals surface area contributed by atoms with Crippen LogP contribution in [0.15, 0.2) is 61.1 Å². The predicted molar refractivity (Wildman–Crippen MR) is 89.9 cm³/mol. The third-order valence-corrected chi connectivity index (χ3v) is 3.57. The number of halogens is 1. The second-order valence-corrected chi connectivity index (χ2v) is 5.29. The van der Waals surface area contributed by atoms with Gasteiger partial charge < -0.3 is 9.72 Å². The van der Waals surface area contributed by atoms with Crippen molar-refractivity contribution >= 4 is 23.4 Å². The Hall–Kier alpha value is -2.79. The van der Waals surface area contributed by atoms with Gasteiger partial charge in [0.2, 0.25) is 0 Å². The maximum Gasteiger partial charge on any atom is 0.419 e. The number of rotatable bonds is 3. The first-order chi connectivity index (χ1) is 11.1. The number of hydrogen-bond acceptors (Lipinski definition) is 3. The standard InChI is InChI=1S/C17H14ClN3O2/c1-21(13-5-3-2-4-6-13)17(22)23-16-8-7-12(18)9-14(16)15-10-19-11-20-15/h2-11H,1H3,(H,19,20). The highest BCUT2D eigenvalue weighted by Gasteiger charge is 2.17. The van der Waals surface area contributed by atoms with E-state index in [2.05, 4.69) is 9.97 Å². The van der Waals surface area contributed by atoms with Crippen LogP contribution >= 0.6 is 11.6 Å². The van der Waals surface area contributed by atoms with Gasteiger partial charge in [-0.1, -0.05) is 29.8 Å². The average Bonchev–Trinajstić information content (AvgIpc) is 3.11. The second kappa shape index (κ2) is 6.54. The van der Waals surface area contributed by atoms with Gasteiger partial charge in [0.05, 0.1) is 12.0 Å². The molecule has 1 amide bonds. The van der Waals surface area contributed by atoms with Gasteiger partial charge in [-0.3, -0.25) is 4.90 Å². The summed E-state index contributed by atoms with van der Waals surface area (Å²) in [6.45, 7) is 0. The number of imidazole rings is 1. The zero-order valence-electron chi connectivity index (χ0n) is 12.4. The molecular formula is C17H14ClN3O2. The summed E-state index contributed by atoms with van der Waals surface area (Å²) >= 11 is 6.04. The molecule has 0 unspecified atom stereocenters. The highest BCUT2D eigenvalue weighted by Crippen LogP contribution is 2.31. The van der Waals surface area contributed by atoms with Crippen LogP contribution in [0.25, 0.3) is 11.3 Å². The Labute approximate surface area is 138 Å². The summed E-state index contributed by atoms with van der Waals surface area (Å²) in [5.41, 5.74) is 2.04. The molecule has 6 heteroatoms. The molecule has 0 aliphatic rings. The molecule has 0 atom stereocenters. The molecule has 2 aromatic carbocycles. The zero-order chi connectivity index (χ0) is 16.2. The largest absolute Gasteiger partial charge is 0.419 e. The number of carbonyl (C=O) groups is 1. The molecule has 1 heterocycles. The second-order valence-electron chi connectivity index (χ2n) is 4.86. The van der Waals surface area contributed by atoms with Crippen LogP contribution in [-0.4, -0.2) is 23.1 Å². The summed E-state index contributed by atoms with van der Waals surface area (Å²) in [5.74, 6) is 0.397. The van der Waals surface area contributed by atoms with Gasteiger partial charge in [-0.05, 0) is 30.3 Å². The highest BCUT2D eigenvalue weighted by atomic mass is 35.5. The molecule has 3 rings (SSSR count). The Morgan fingerprint density at radius 2 is 2.00 bits per heavy atom. The van der Waals surface area contributed by atoms with E-state index in [1.807, 2.05) is 30.3 Å². The number of nitrogens with one attached hydrogen (secondary N) is 1. The van der Waals surface area contributed by atoms with Crippen molar-refractivity contribution in [3.05, 3.63) is 66.1 Å². The van der Waals surface area contributed by atoms with Crippen molar-refractivity contribution in [3.63, 3.8) is 0 Å². The summed E-state index contributed by atoms with van der Waals surface area (Å²) in [6, 6.07) is 14.3. The first kappa shape index (κ1) is 15.1. The van der Waals surface area contributed by atoms with Crippen LogP contribution < -0.4 is 9.64 Å². The molecule has 0 aliphatic heterocycles. The smallest absolute Gasteiger partial charge is 0.409 e. The van der Waals surface area contributed by atoms with Crippen molar-refractivity contribution in [2.75, 3.05) is 11.9 Å². The SMILES string of the molecule is CN(C(=O)Oc1ccc(Cl)cc1-c1c[nH]cn1)c1ccccc1. The highest BCUT2D eigenvalue weighted by molar-refractivity contribution is 6.31. The van der Waals surface area contributed by atoms with Gasteiger partial charge in [-0.15, -0.1) is 0 Å². The van der Waals surface area contributed by atoms with Crippen molar-refractivity contribution < 1.29 is 9.53 Å². The number of carbonyl (C=O) groups excluding carboxylic acids is 1. The van der Waals surface area contributed by atoms with E-state index in [1.165, 1.54) is 4.90 Å². The number of nitrogens with zero attached hydrogens (tertiary/aromatic N) is 2. The van der Waals surface area contributed by atoms with Crippen molar-refractivity contribution in [1.82, 2.24) is 9.97 Å². The van der Waals surface area contributed by atoms with E-state index in [0.717, 1.165) is 5.69 Å². The number of para-hydroxylation sites is 1. The van der Waals surface area contributed by atoms with Gasteiger partial charge in [0.1, 0.15) is 5.75 Å². The quantitative estimate of drug-likeness (QED) is 0.777. The molecule has 0 saturated heterocycles. The van der Waals surface area contributed by atoms with E-state index in [1.54, 1.807) is 37.8 Å². The molecule has 0 radical (unpaired) electrons. The molecule has 1 N–H and O–H groups in total. The van der Waals surface area contributed by atoms with Crippen LogP contribution in [0.4, 0.5) is 10.5 Å². The van der Waals surface area contributed by atoms with Gasteiger partial charge in [0, 0.05) is 29.5 Å². The molecule has 0 fully saturated rings. The van der Waals surface area contributed by atoms with E-state index in [4.69, 9.17) is 16.3 Å². The number of anilines is 1. The fraction of sp³-hybridized carbons (Fsp3) is 0.0588. The lowest BCUT2D eigenvalue weighted by atomic mass is 10.1. The third kappa shape index (κ3) is 3.35. The van der Waals surface area contributed by atoms with E-state index in [0.29, 0.717) is 22.0 Å². The molecule has 0 spiro atoms. The monoisotopic (exact) mass is 327 g/mol. The van der Waals surface area contributed by atoms with Crippen molar-refractivity contribution in [3.8, 4) is 17.0 Å². The Morgan fingerprint density at radius 3 is 2.70 bits per heavy atom. The topological polar surface area (TPSA) is 58.2 Å². The van der Waals surface area contributed by atoms with Crippen LogP contribution in [0.2, 0.25) is 5.02 Å². The first-order valence-corrected chi connectivity index (χ1v) is 7.32. The van der Waals surface area contributed by atoms with Gasteiger partial charge >= 0.3 is 6.09 Å². The molecule has 0 bridgehead atoms. The Bertz CT molecular complexity index is 804. The molecule has 3 aromatic rings. The molecule has 0 aliphatic carbocycles. The Kier molecular flexibility index (Phi) is 4.30. The van der Waals surface area contributed by atoms with Crippen LogP contribution in [-0.2, 0) is 0 Å². The summed E-state index contributed by atoms with van der Waals surface area (Å²) in [5, 5.41) is 0.541. The molecule has 5 nitrogen and oxygen atoms in total. The van der Waals surface area contributed by atoms with Crippen LogP contribution in [0.5, 0.6) is 5.75 Å². The number of aromatic amines is 1. The van der Waals surface area contributed by atoms with Crippen molar-refractivity contribution in [1.29, 1.82) is 0 Å². The van der Waals surface area contributed by atoms with E-state index < -0.39 is 6.09 Å². The molecule has 23 heavy (non-hydrogen) atoms. The van der Waals surface area contributed by atoms with Crippen molar-refractivity contribution in [2.24, 2.45) is 0 Å². The lowest BCUT2D eigenvalue weighted by molar-refractivity contribution is 0.209. The molecular weight excluding hydrogens is 314 g/mol. The lowest BCUT2D eigenvalue weighted by Crippen LogP contribution is -2.29. The number of hydrogen-bond donors (Lipinski definition) is 1. The normalized spacial score (nSPS) is 10.3. The fourth-order valence-corrected chi connectivity index (χ4v) is 2.29. The zero-order valence-corrected chi connectivity index (χ0v) is 13.1. The minimum absolute atomic E-state index is 0.397. The molecule has 1 aromatic heterocycles. The van der Waals surface area contributed by atoms with E-state index in [-0.39, 0.29) is 0 Å². The van der Waals surface area contributed by atoms with Crippen molar-refractivity contribution in [2.45, 2.75) is 0 Å². The molecule has 0 saturated carbocycles. The number of aromatic nitrogens is 2. The van der Waals surface area contributed by atoms with Crippen LogP contribution in [0.3, 0.4) is 0 Å². The maximum absolute atomic E-state index is 12.4. The summed E-state index contributed by atoms with van der Waals surface area (Å²) in [6.07, 6.45) is 2.78. The van der Waals surface area contributed by atoms with Gasteiger partial charge in [-0.25, -0.2) is 9.78 Å². The third-order valence-electron chi connectivity index (χ3n) is 3.33. The minimum Gasteiger partial charge on any atom is -0.409 e. The first-order valence-electron chi connectivity index (χ1n) is 6.94. The van der Waals surface area contributed by atoms with Crippen LogP contribution in [0.1, 0.15) is 0 Å². The predicted octanol–water partition coefficient (Wildman–Crippen LogP) is 4.37. The minimum atomic E-state index is -0.490. The number of amides is 1. The summed E-state index contributed by atoms with van der Waals surface area (Å²) in [4.78, 5) is 20.8. The summed E-state index contributed by atoms with van der Waals surface area (Å²) in [7, 11) is 1.65. The van der Waals surface area contributed by atoms with Gasteiger partial charge in [0.25, 0.3) is 0 Å². The average molecular weight is 328 g/mol. The lowest BCUT2D eigenvalue weighted by Gasteiger charge is -2.18. The van der Waals surface area contributed by atoms with Crippen LogP contribution in [0, 0.1) is 0 Å². The maximum atomic E-state index is 12.4. The van der Waals surface area contributed by atoms with E-state index >= 15 is 0 Å². The van der Waals surface area contributed by atoms with Gasteiger partial charge in [0.15, 0.2) is 0 Å². The van der Waals surface area contributed by atoms with Gasteiger partial charge in [-0.2, -0.15) is 0 Å². The fourth-order valence-electron chi connectivity index (χ4n) is 2.12. The summed E-state index contributed by atoms with van der Waals surface area (Å²) < 4.78 is 5.51. The Morgan fingerprint density at radius 1 is 1.22 bits per heavy atom. The molecule has 116 valence electrons.